The number of hydrogen-bond acceptors (Lipinski definition) is 6. The molecule has 1 amide bonds. The first kappa shape index (κ1) is 20.5. The van der Waals surface area contributed by atoms with E-state index in [1.807, 2.05) is 48.3 Å². The molecule has 0 fully saturated rings. The van der Waals surface area contributed by atoms with Crippen LogP contribution in [0.4, 0.5) is 5.69 Å². The first-order valence-electron chi connectivity index (χ1n) is 10.8. The van der Waals surface area contributed by atoms with Crippen LogP contribution < -0.4 is 19.7 Å². The minimum Gasteiger partial charge on any atom is -0.486 e. The van der Waals surface area contributed by atoms with Crippen LogP contribution >= 0.6 is 0 Å². The van der Waals surface area contributed by atoms with Crippen molar-refractivity contribution in [3.8, 4) is 22.6 Å². The summed E-state index contributed by atoms with van der Waals surface area (Å²) in [5, 5.41) is 16.5. The van der Waals surface area contributed by atoms with Gasteiger partial charge in [0.25, 0.3) is 5.91 Å². The van der Waals surface area contributed by atoms with Gasteiger partial charge in [-0.05, 0) is 47.4 Å². The van der Waals surface area contributed by atoms with Crippen molar-refractivity contribution in [2.24, 2.45) is 7.05 Å². The predicted octanol–water partition coefficient (Wildman–Crippen LogP) is 2.14. The summed E-state index contributed by atoms with van der Waals surface area (Å²) in [7, 11) is 1.82. The second-order valence-electron chi connectivity index (χ2n) is 7.91. The molecule has 32 heavy (non-hydrogen) atoms. The largest absolute Gasteiger partial charge is 0.486 e. The molecule has 0 aliphatic carbocycles. The molecule has 2 aliphatic heterocycles. The van der Waals surface area contributed by atoms with Crippen LogP contribution in [-0.4, -0.2) is 53.7 Å². The lowest BCUT2D eigenvalue weighted by molar-refractivity contribution is 0.0984. The average Bonchev–Trinajstić information content (AvgIpc) is 3.42. The topological polar surface area (TPSA) is 88.9 Å². The Balaban J connectivity index is 1.42. The van der Waals surface area contributed by atoms with E-state index >= 15 is 0 Å². The van der Waals surface area contributed by atoms with E-state index in [1.54, 1.807) is 4.68 Å². The summed E-state index contributed by atoms with van der Waals surface area (Å²) in [5.41, 5.74) is 5.54. The minimum absolute atomic E-state index is 0.0693. The van der Waals surface area contributed by atoms with Gasteiger partial charge in [-0.1, -0.05) is 18.2 Å². The number of nitrogens with zero attached hydrogens (tertiary/aromatic N) is 3. The number of nitrogens with one attached hydrogen (secondary N) is 1. The molecule has 8 nitrogen and oxygen atoms in total. The van der Waals surface area contributed by atoms with Gasteiger partial charge in [0, 0.05) is 32.4 Å². The number of benzene rings is 2. The molecule has 2 aliphatic rings. The molecule has 5 rings (SSSR count). The van der Waals surface area contributed by atoms with Gasteiger partial charge < -0.3 is 24.8 Å². The maximum atomic E-state index is 13.3. The Hall–Kier alpha value is -3.36. The van der Waals surface area contributed by atoms with Crippen LogP contribution in [0.5, 0.6) is 11.5 Å². The van der Waals surface area contributed by atoms with E-state index in [0.29, 0.717) is 38.5 Å². The van der Waals surface area contributed by atoms with Crippen molar-refractivity contribution >= 4 is 11.6 Å². The predicted molar refractivity (Wildman–Crippen MR) is 120 cm³/mol. The molecule has 0 radical (unpaired) electrons. The zero-order valence-electron chi connectivity index (χ0n) is 18.0. The molecule has 166 valence electrons. The second-order valence-corrected chi connectivity index (χ2v) is 7.91. The third kappa shape index (κ3) is 3.72. The number of aromatic nitrogens is 2. The minimum atomic E-state index is -0.105. The van der Waals surface area contributed by atoms with Crippen LogP contribution in [0.3, 0.4) is 0 Å². The lowest BCUT2D eigenvalue weighted by Gasteiger charge is -2.20. The van der Waals surface area contributed by atoms with Crippen LogP contribution in [0.15, 0.2) is 42.5 Å². The molecular weight excluding hydrogens is 408 g/mol. The van der Waals surface area contributed by atoms with Crippen molar-refractivity contribution in [2.75, 3.05) is 37.8 Å². The van der Waals surface area contributed by atoms with Crippen LogP contribution in [0.2, 0.25) is 0 Å². The summed E-state index contributed by atoms with van der Waals surface area (Å²) in [4.78, 5) is 15.1. The fraction of sp³-hybridized carbons (Fsp3) is 0.333. The monoisotopic (exact) mass is 434 g/mol. The number of ether oxygens (including phenoxy) is 2. The summed E-state index contributed by atoms with van der Waals surface area (Å²) in [6, 6.07) is 13.9. The number of carbonyl (C=O) groups is 1. The second kappa shape index (κ2) is 8.64. The molecule has 0 saturated carbocycles. The fourth-order valence-electron chi connectivity index (χ4n) is 4.34. The number of carbonyl (C=O) groups excluding carboxylic acids is 1. The van der Waals surface area contributed by atoms with Crippen molar-refractivity contribution < 1.29 is 19.4 Å². The molecule has 0 unspecified atom stereocenters. The van der Waals surface area contributed by atoms with Crippen molar-refractivity contribution in [2.45, 2.75) is 13.0 Å². The molecule has 2 aromatic carbocycles. The fourth-order valence-corrected chi connectivity index (χ4v) is 4.34. The molecule has 0 spiro atoms. The number of fused-ring (bicyclic) bond motifs is 2. The van der Waals surface area contributed by atoms with Crippen molar-refractivity contribution in [1.82, 2.24) is 15.1 Å². The number of rotatable bonds is 6. The molecule has 8 heteroatoms. The van der Waals surface area contributed by atoms with Gasteiger partial charge in [-0.25, -0.2) is 0 Å². The highest BCUT2D eigenvalue weighted by atomic mass is 16.6. The normalized spacial score (nSPS) is 14.5. The van der Waals surface area contributed by atoms with Gasteiger partial charge in [-0.3, -0.25) is 9.48 Å². The number of aliphatic hydroxyl groups is 1. The molecule has 0 bridgehead atoms. The Kier molecular flexibility index (Phi) is 5.55. The van der Waals surface area contributed by atoms with Gasteiger partial charge in [-0.15, -0.1) is 0 Å². The Morgan fingerprint density at radius 2 is 2.00 bits per heavy atom. The molecule has 0 atom stereocenters. The SMILES string of the molecule is Cn1nc(C(=O)N2CCc3c(-c4ccc5c(c4)OCCO5)cccc32)cc1CNCCO. The van der Waals surface area contributed by atoms with Crippen LogP contribution in [-0.2, 0) is 20.0 Å². The van der Waals surface area contributed by atoms with Crippen molar-refractivity contribution in [3.05, 3.63) is 59.4 Å². The van der Waals surface area contributed by atoms with Gasteiger partial charge >= 0.3 is 0 Å². The summed E-state index contributed by atoms with van der Waals surface area (Å²) >= 11 is 0. The standard InChI is InChI=1S/C24H26N4O4/c1-27-17(15-25-8-10-29)14-20(26-27)24(30)28-9-7-19-18(3-2-4-21(19)28)16-5-6-22-23(13-16)32-12-11-31-22/h2-6,13-14,25,29H,7-12,15H2,1H3. The zero-order valence-corrected chi connectivity index (χ0v) is 18.0. The lowest BCUT2D eigenvalue weighted by atomic mass is 9.97. The number of anilines is 1. The molecule has 3 heterocycles. The maximum Gasteiger partial charge on any atom is 0.278 e. The molecule has 0 saturated heterocycles. The Morgan fingerprint density at radius 1 is 1.16 bits per heavy atom. The summed E-state index contributed by atoms with van der Waals surface area (Å²) < 4.78 is 13.1. The van der Waals surface area contributed by atoms with Gasteiger partial charge in [-0.2, -0.15) is 5.10 Å². The summed E-state index contributed by atoms with van der Waals surface area (Å²) in [6.07, 6.45) is 0.781. The number of amides is 1. The molecule has 2 N–H and O–H groups in total. The lowest BCUT2D eigenvalue weighted by Crippen LogP contribution is -2.29. The van der Waals surface area contributed by atoms with E-state index in [4.69, 9.17) is 14.6 Å². The van der Waals surface area contributed by atoms with Crippen LogP contribution in [0.1, 0.15) is 21.7 Å². The number of aliphatic hydroxyl groups excluding tert-OH is 1. The van der Waals surface area contributed by atoms with Gasteiger partial charge in [0.2, 0.25) is 0 Å². The van der Waals surface area contributed by atoms with E-state index in [2.05, 4.69) is 16.5 Å². The Morgan fingerprint density at radius 3 is 2.84 bits per heavy atom. The highest BCUT2D eigenvalue weighted by Crippen LogP contribution is 2.40. The smallest absolute Gasteiger partial charge is 0.278 e. The van der Waals surface area contributed by atoms with E-state index in [1.165, 1.54) is 0 Å². The quantitative estimate of drug-likeness (QED) is 0.578. The van der Waals surface area contributed by atoms with E-state index in [-0.39, 0.29) is 12.5 Å². The van der Waals surface area contributed by atoms with E-state index in [0.717, 1.165) is 46.0 Å². The van der Waals surface area contributed by atoms with Crippen LogP contribution in [0.25, 0.3) is 11.1 Å². The molecular formula is C24H26N4O4. The first-order chi connectivity index (χ1) is 15.7. The molecule has 1 aromatic heterocycles. The van der Waals surface area contributed by atoms with Crippen molar-refractivity contribution in [3.63, 3.8) is 0 Å². The summed E-state index contributed by atoms with van der Waals surface area (Å²) in [6.45, 7) is 2.84. The third-order valence-electron chi connectivity index (χ3n) is 5.92. The highest BCUT2D eigenvalue weighted by molar-refractivity contribution is 6.06. The zero-order chi connectivity index (χ0) is 22.1. The Bertz CT molecular complexity index is 1160. The van der Waals surface area contributed by atoms with Crippen LogP contribution in [0, 0.1) is 0 Å². The van der Waals surface area contributed by atoms with E-state index in [9.17, 15) is 4.79 Å². The van der Waals surface area contributed by atoms with Crippen molar-refractivity contribution in [1.29, 1.82) is 0 Å². The van der Waals surface area contributed by atoms with E-state index < -0.39 is 0 Å². The summed E-state index contributed by atoms with van der Waals surface area (Å²) in [5.74, 6) is 1.42. The maximum absolute atomic E-state index is 13.3. The number of hydrogen-bond donors (Lipinski definition) is 2. The van der Waals surface area contributed by atoms with Gasteiger partial charge in [0.15, 0.2) is 17.2 Å². The third-order valence-corrected chi connectivity index (χ3v) is 5.92. The Labute approximate surface area is 186 Å². The average molecular weight is 434 g/mol. The molecule has 3 aromatic rings. The van der Waals surface area contributed by atoms with Gasteiger partial charge in [0.1, 0.15) is 13.2 Å². The first-order valence-corrected chi connectivity index (χ1v) is 10.8. The number of aryl methyl sites for hydroxylation is 1. The highest BCUT2D eigenvalue weighted by Gasteiger charge is 2.29. The van der Waals surface area contributed by atoms with Gasteiger partial charge in [0.05, 0.1) is 12.3 Å².